The largest absolute Gasteiger partial charge is 0.493 e. The van der Waals surface area contributed by atoms with Gasteiger partial charge < -0.3 is 14.8 Å². The van der Waals surface area contributed by atoms with Gasteiger partial charge in [0.05, 0.1) is 19.9 Å². The normalized spacial score (nSPS) is 23.1. The molecule has 1 aliphatic rings. The van der Waals surface area contributed by atoms with Crippen LogP contribution in [0.2, 0.25) is 0 Å². The Kier molecular flexibility index (Phi) is 5.02. The molecule has 1 N–H and O–H groups in total. The average Bonchev–Trinajstić information content (AvgIpc) is 2.44. The molecule has 4 nitrogen and oxygen atoms in total. The summed E-state index contributed by atoms with van der Waals surface area (Å²) in [5, 5.41) is 3.60. The molecule has 1 heterocycles. The van der Waals surface area contributed by atoms with Crippen molar-refractivity contribution in [2.45, 2.75) is 45.2 Å². The Morgan fingerprint density at radius 3 is 2.84 bits per heavy atom. The molecule has 0 radical (unpaired) electrons. The highest BCUT2D eigenvalue weighted by atomic mass is 16.5. The third-order valence-electron chi connectivity index (χ3n) is 3.86. The summed E-state index contributed by atoms with van der Waals surface area (Å²) in [5.74, 6) is 2.30. The summed E-state index contributed by atoms with van der Waals surface area (Å²) in [5.41, 5.74) is 0.917. The van der Waals surface area contributed by atoms with E-state index in [4.69, 9.17) is 9.47 Å². The molecule has 0 aromatic carbocycles. The summed E-state index contributed by atoms with van der Waals surface area (Å²) in [4.78, 5) is 4.39. The third-order valence-corrected chi connectivity index (χ3v) is 3.86. The lowest BCUT2D eigenvalue weighted by Gasteiger charge is -2.27. The van der Waals surface area contributed by atoms with Gasteiger partial charge in [0.15, 0.2) is 11.5 Å². The highest BCUT2D eigenvalue weighted by Crippen LogP contribution is 2.29. The quantitative estimate of drug-likeness (QED) is 0.888. The smallest absolute Gasteiger partial charge is 0.183 e. The first-order chi connectivity index (χ1) is 9.24. The molecule has 4 heteroatoms. The first kappa shape index (κ1) is 14.1. The molecule has 0 bridgehead atoms. The molecule has 19 heavy (non-hydrogen) atoms. The Balaban J connectivity index is 1.99. The van der Waals surface area contributed by atoms with Crippen LogP contribution in [0.3, 0.4) is 0 Å². The minimum atomic E-state index is 0.599. The third kappa shape index (κ3) is 3.60. The summed E-state index contributed by atoms with van der Waals surface area (Å²) < 4.78 is 10.7. The van der Waals surface area contributed by atoms with Crippen LogP contribution < -0.4 is 14.8 Å². The van der Waals surface area contributed by atoms with E-state index >= 15 is 0 Å². The van der Waals surface area contributed by atoms with Gasteiger partial charge >= 0.3 is 0 Å². The summed E-state index contributed by atoms with van der Waals surface area (Å²) in [6.07, 6.45) is 6.96. The monoisotopic (exact) mass is 264 g/mol. The molecule has 0 aliphatic heterocycles. The molecule has 1 fully saturated rings. The molecule has 2 atom stereocenters. The zero-order valence-electron chi connectivity index (χ0n) is 12.1. The lowest BCUT2D eigenvalue weighted by molar-refractivity contribution is 0.296. The Bertz CT molecular complexity index is 409. The minimum absolute atomic E-state index is 0.599. The number of hydrogen-bond acceptors (Lipinski definition) is 4. The van der Waals surface area contributed by atoms with E-state index < -0.39 is 0 Å². The van der Waals surface area contributed by atoms with Gasteiger partial charge in [-0.2, -0.15) is 0 Å². The predicted molar refractivity (Wildman–Crippen MR) is 75.6 cm³/mol. The second kappa shape index (κ2) is 6.75. The predicted octanol–water partition coefficient (Wildman–Crippen LogP) is 2.77. The maximum atomic E-state index is 5.40. The molecule has 1 saturated carbocycles. The maximum absolute atomic E-state index is 5.40. The summed E-state index contributed by atoms with van der Waals surface area (Å²) in [6.45, 7) is 3.07. The first-order valence-corrected chi connectivity index (χ1v) is 7.03. The standard InChI is InChI=1S/C15H24N2O2/c1-11-5-4-6-12(9-11)17-10-13-15(19-3)14(18-2)7-8-16-13/h7-8,11-12,17H,4-6,9-10H2,1-3H3. The molecule has 0 saturated heterocycles. The van der Waals surface area contributed by atoms with Gasteiger partial charge in [-0.3, -0.25) is 4.98 Å². The van der Waals surface area contributed by atoms with Crippen molar-refractivity contribution in [2.75, 3.05) is 14.2 Å². The fourth-order valence-electron chi connectivity index (χ4n) is 2.84. The van der Waals surface area contributed by atoms with Crippen LogP contribution in [0, 0.1) is 5.92 Å². The van der Waals surface area contributed by atoms with Crippen molar-refractivity contribution in [1.82, 2.24) is 10.3 Å². The molecule has 1 aliphatic carbocycles. The van der Waals surface area contributed by atoms with Crippen molar-refractivity contribution >= 4 is 0 Å². The number of rotatable bonds is 5. The van der Waals surface area contributed by atoms with Crippen molar-refractivity contribution < 1.29 is 9.47 Å². The van der Waals surface area contributed by atoms with E-state index in [0.717, 1.165) is 29.7 Å². The van der Waals surface area contributed by atoms with Gasteiger partial charge in [-0.1, -0.05) is 19.8 Å². The van der Waals surface area contributed by atoms with E-state index in [1.54, 1.807) is 20.4 Å². The Morgan fingerprint density at radius 1 is 1.32 bits per heavy atom. The maximum Gasteiger partial charge on any atom is 0.183 e. The average molecular weight is 264 g/mol. The molecular formula is C15H24N2O2. The van der Waals surface area contributed by atoms with Crippen LogP contribution in [0.5, 0.6) is 11.5 Å². The number of aromatic nitrogens is 1. The van der Waals surface area contributed by atoms with Crippen LogP contribution in [0.25, 0.3) is 0 Å². The van der Waals surface area contributed by atoms with Crippen LogP contribution >= 0.6 is 0 Å². The SMILES string of the molecule is COc1ccnc(CNC2CCCC(C)C2)c1OC. The fourth-order valence-corrected chi connectivity index (χ4v) is 2.84. The Hall–Kier alpha value is -1.29. The van der Waals surface area contributed by atoms with Crippen molar-refractivity contribution in [3.63, 3.8) is 0 Å². The molecule has 1 aromatic rings. The molecule has 106 valence electrons. The van der Waals surface area contributed by atoms with Crippen molar-refractivity contribution in [3.05, 3.63) is 18.0 Å². The highest BCUT2D eigenvalue weighted by molar-refractivity contribution is 5.42. The Morgan fingerprint density at radius 2 is 2.16 bits per heavy atom. The van der Waals surface area contributed by atoms with Crippen LogP contribution in [-0.4, -0.2) is 25.2 Å². The number of methoxy groups -OCH3 is 2. The highest BCUT2D eigenvalue weighted by Gasteiger charge is 2.19. The summed E-state index contributed by atoms with van der Waals surface area (Å²) in [7, 11) is 3.31. The van der Waals surface area contributed by atoms with Gasteiger partial charge in [0.1, 0.15) is 0 Å². The van der Waals surface area contributed by atoms with Crippen LogP contribution in [0.15, 0.2) is 12.3 Å². The lowest BCUT2D eigenvalue weighted by Crippen LogP contribution is -2.33. The van der Waals surface area contributed by atoms with Gasteiger partial charge in [-0.05, 0) is 18.8 Å². The summed E-state index contributed by atoms with van der Waals surface area (Å²) >= 11 is 0. The zero-order chi connectivity index (χ0) is 13.7. The van der Waals surface area contributed by atoms with E-state index in [9.17, 15) is 0 Å². The zero-order valence-corrected chi connectivity index (χ0v) is 12.1. The first-order valence-electron chi connectivity index (χ1n) is 7.03. The second-order valence-electron chi connectivity index (χ2n) is 5.34. The molecule has 2 rings (SSSR count). The van der Waals surface area contributed by atoms with Gasteiger partial charge in [0.2, 0.25) is 0 Å². The number of hydrogen-bond donors (Lipinski definition) is 1. The van der Waals surface area contributed by atoms with Crippen molar-refractivity contribution in [3.8, 4) is 11.5 Å². The topological polar surface area (TPSA) is 43.4 Å². The van der Waals surface area contributed by atoms with E-state index in [-0.39, 0.29) is 0 Å². The summed E-state index contributed by atoms with van der Waals surface area (Å²) in [6, 6.07) is 2.42. The number of pyridine rings is 1. The molecule has 0 amide bonds. The van der Waals surface area contributed by atoms with Crippen molar-refractivity contribution in [1.29, 1.82) is 0 Å². The number of nitrogens with one attached hydrogen (secondary N) is 1. The molecule has 2 unspecified atom stereocenters. The molecular weight excluding hydrogens is 240 g/mol. The fraction of sp³-hybridized carbons (Fsp3) is 0.667. The number of nitrogens with zero attached hydrogens (tertiary/aromatic N) is 1. The van der Waals surface area contributed by atoms with Gasteiger partial charge in [-0.25, -0.2) is 0 Å². The van der Waals surface area contributed by atoms with Gasteiger partial charge in [-0.15, -0.1) is 0 Å². The molecule has 1 aromatic heterocycles. The molecule has 0 spiro atoms. The Labute approximate surface area is 115 Å². The van der Waals surface area contributed by atoms with Crippen LogP contribution in [0.4, 0.5) is 0 Å². The lowest BCUT2D eigenvalue weighted by atomic mass is 9.87. The van der Waals surface area contributed by atoms with Gasteiger partial charge in [0, 0.05) is 24.8 Å². The van der Waals surface area contributed by atoms with Crippen LogP contribution in [0.1, 0.15) is 38.3 Å². The van der Waals surface area contributed by atoms with E-state index in [1.807, 2.05) is 6.07 Å². The van der Waals surface area contributed by atoms with Crippen LogP contribution in [-0.2, 0) is 6.54 Å². The number of ether oxygens (including phenoxy) is 2. The van der Waals surface area contributed by atoms with E-state index in [1.165, 1.54) is 25.7 Å². The van der Waals surface area contributed by atoms with Crippen molar-refractivity contribution in [2.24, 2.45) is 5.92 Å². The second-order valence-corrected chi connectivity index (χ2v) is 5.34. The minimum Gasteiger partial charge on any atom is -0.493 e. The van der Waals surface area contributed by atoms with E-state index in [2.05, 4.69) is 17.2 Å². The van der Waals surface area contributed by atoms with E-state index in [0.29, 0.717) is 6.04 Å². The van der Waals surface area contributed by atoms with Gasteiger partial charge in [0.25, 0.3) is 0 Å².